The van der Waals surface area contributed by atoms with E-state index in [2.05, 4.69) is 15.5 Å². The summed E-state index contributed by atoms with van der Waals surface area (Å²) in [6.45, 7) is 9.77. The molecule has 1 aromatic carbocycles. The van der Waals surface area contributed by atoms with E-state index in [0.717, 1.165) is 6.07 Å². The van der Waals surface area contributed by atoms with Gasteiger partial charge in [-0.15, -0.1) is 0 Å². The van der Waals surface area contributed by atoms with E-state index in [1.165, 1.54) is 6.07 Å². The predicted octanol–water partition coefficient (Wildman–Crippen LogP) is 4.05. The van der Waals surface area contributed by atoms with Gasteiger partial charge in [0, 0.05) is 24.4 Å². The van der Waals surface area contributed by atoms with Crippen LogP contribution in [0.25, 0.3) is 10.9 Å². The smallest absolute Gasteiger partial charge is 0.418 e. The molecule has 2 N–H and O–H groups in total. The van der Waals surface area contributed by atoms with Crippen LogP contribution >= 0.6 is 0 Å². The van der Waals surface area contributed by atoms with E-state index in [-0.39, 0.29) is 35.3 Å². The Morgan fingerprint density at radius 1 is 1.12 bits per heavy atom. The third-order valence-corrected chi connectivity index (χ3v) is 6.10. The minimum absolute atomic E-state index is 0.0636. The Morgan fingerprint density at radius 3 is 2.31 bits per heavy atom. The molecule has 1 aliphatic heterocycles. The van der Waals surface area contributed by atoms with Crippen molar-refractivity contribution in [3.8, 4) is 0 Å². The largest absolute Gasteiger partial charge is 0.444 e. The fourth-order valence-corrected chi connectivity index (χ4v) is 4.59. The molecule has 2 aliphatic rings. The molecule has 10 heteroatoms. The van der Waals surface area contributed by atoms with Crippen molar-refractivity contribution in [2.75, 3.05) is 13.1 Å². The summed E-state index contributed by atoms with van der Waals surface area (Å²) in [4.78, 5) is 26.8. The van der Waals surface area contributed by atoms with Crippen LogP contribution in [-0.2, 0) is 21.2 Å². The summed E-state index contributed by atoms with van der Waals surface area (Å²) in [6, 6.07) is 3.88. The van der Waals surface area contributed by atoms with E-state index < -0.39 is 22.9 Å². The van der Waals surface area contributed by atoms with Gasteiger partial charge in [0.05, 0.1) is 16.8 Å². The molecule has 2 atom stereocenters. The van der Waals surface area contributed by atoms with Gasteiger partial charge in [0.25, 0.3) is 0 Å². The number of hydrogen-bond acceptors (Lipinski definition) is 4. The summed E-state index contributed by atoms with van der Waals surface area (Å²) in [7, 11) is 0. The highest BCUT2D eigenvalue weighted by atomic mass is 19.4. The molecule has 2 unspecified atom stereocenters. The Hall–Kier alpha value is -2.78. The molecule has 32 heavy (non-hydrogen) atoms. The highest BCUT2D eigenvalue weighted by Crippen LogP contribution is 2.52. The van der Waals surface area contributed by atoms with Crippen LogP contribution in [0.3, 0.4) is 0 Å². The number of nitrogens with zero attached hydrogens (tertiary/aromatic N) is 2. The van der Waals surface area contributed by atoms with E-state index in [9.17, 15) is 22.8 Å². The van der Waals surface area contributed by atoms with Crippen LogP contribution in [0.1, 0.15) is 45.9 Å². The normalized spacial score (nSPS) is 23.2. The maximum atomic E-state index is 13.3. The number of carbonyl (C=O) groups is 2. The number of rotatable bonds is 3. The average Bonchev–Trinajstić information content (AvgIpc) is 3.00. The van der Waals surface area contributed by atoms with E-state index in [1.807, 2.05) is 0 Å². The fourth-order valence-electron chi connectivity index (χ4n) is 4.59. The lowest BCUT2D eigenvalue weighted by atomic mass is 9.95. The van der Waals surface area contributed by atoms with E-state index in [0.29, 0.717) is 24.2 Å². The molecule has 1 aliphatic carbocycles. The number of aromatic amines is 1. The van der Waals surface area contributed by atoms with Crippen molar-refractivity contribution in [3.63, 3.8) is 0 Å². The number of halogens is 3. The maximum absolute atomic E-state index is 13.3. The van der Waals surface area contributed by atoms with E-state index in [4.69, 9.17) is 4.74 Å². The lowest BCUT2D eigenvalue weighted by Gasteiger charge is -2.28. The first-order valence-electron chi connectivity index (χ1n) is 10.5. The number of aromatic nitrogens is 2. The number of para-hydroxylation sites is 1. The summed E-state index contributed by atoms with van der Waals surface area (Å²) in [6.07, 6.45) is -4.90. The molecule has 1 saturated heterocycles. The number of H-pyrrole nitrogens is 1. The standard InChI is InChI=1S/C22H27F3N4O3/c1-20(2,3)32-19(31)29-9-12-13(10-29)15(12)18(30)26-21(4,5)17-11-7-6-8-14(22(23,24)25)16(11)27-28-17/h6-8,12-13,15H,9-10H2,1-5H3,(H,26,30)(H,27,28). The van der Waals surface area contributed by atoms with Crippen LogP contribution in [0, 0.1) is 17.8 Å². The van der Waals surface area contributed by atoms with Crippen LogP contribution in [0.15, 0.2) is 18.2 Å². The van der Waals surface area contributed by atoms with Gasteiger partial charge < -0.3 is 15.0 Å². The lowest BCUT2D eigenvalue weighted by Crippen LogP contribution is -2.44. The van der Waals surface area contributed by atoms with Crippen molar-refractivity contribution in [2.24, 2.45) is 17.8 Å². The van der Waals surface area contributed by atoms with Gasteiger partial charge in [-0.05, 0) is 52.5 Å². The molecule has 2 heterocycles. The zero-order valence-corrected chi connectivity index (χ0v) is 18.6. The van der Waals surface area contributed by atoms with E-state index >= 15 is 0 Å². The summed E-state index contributed by atoms with van der Waals surface area (Å²) in [5.74, 6) is -0.279. The summed E-state index contributed by atoms with van der Waals surface area (Å²) >= 11 is 0. The first-order chi connectivity index (χ1) is 14.7. The van der Waals surface area contributed by atoms with Crippen molar-refractivity contribution in [1.82, 2.24) is 20.4 Å². The molecule has 4 rings (SSSR count). The first-order valence-corrected chi connectivity index (χ1v) is 10.5. The van der Waals surface area contributed by atoms with Crippen LogP contribution in [-0.4, -0.2) is 45.8 Å². The molecule has 0 bridgehead atoms. The van der Waals surface area contributed by atoms with Gasteiger partial charge >= 0.3 is 12.3 Å². The minimum atomic E-state index is -4.52. The fraction of sp³-hybridized carbons (Fsp3) is 0.591. The van der Waals surface area contributed by atoms with Gasteiger partial charge in [-0.2, -0.15) is 18.3 Å². The van der Waals surface area contributed by atoms with Gasteiger partial charge in [0.2, 0.25) is 5.91 Å². The maximum Gasteiger partial charge on any atom is 0.418 e. The highest BCUT2D eigenvalue weighted by molar-refractivity contribution is 5.88. The molecule has 1 aromatic heterocycles. The Balaban J connectivity index is 1.44. The number of hydrogen-bond donors (Lipinski definition) is 2. The molecule has 7 nitrogen and oxygen atoms in total. The molecule has 1 saturated carbocycles. The number of nitrogens with one attached hydrogen (secondary N) is 2. The number of piperidine rings is 1. The number of alkyl halides is 3. The molecule has 2 fully saturated rings. The minimum Gasteiger partial charge on any atom is -0.444 e. The van der Waals surface area contributed by atoms with Gasteiger partial charge in [0.1, 0.15) is 11.1 Å². The Kier molecular flexibility index (Phi) is 4.98. The van der Waals surface area contributed by atoms with E-state index in [1.54, 1.807) is 45.6 Å². The Morgan fingerprint density at radius 2 is 1.75 bits per heavy atom. The number of amides is 2. The zero-order chi connectivity index (χ0) is 23.6. The number of likely N-dealkylation sites (tertiary alicyclic amines) is 1. The predicted molar refractivity (Wildman–Crippen MR) is 111 cm³/mol. The molecule has 2 amide bonds. The number of benzene rings is 1. The molecule has 0 radical (unpaired) electrons. The van der Waals surface area contributed by atoms with Crippen molar-refractivity contribution >= 4 is 22.9 Å². The van der Waals surface area contributed by atoms with Crippen molar-refractivity contribution in [1.29, 1.82) is 0 Å². The summed E-state index contributed by atoms with van der Waals surface area (Å²) in [5.41, 5.74) is -2.12. The van der Waals surface area contributed by atoms with Crippen LogP contribution in [0.2, 0.25) is 0 Å². The number of carbonyl (C=O) groups excluding carboxylic acids is 2. The zero-order valence-electron chi connectivity index (χ0n) is 18.6. The van der Waals surface area contributed by atoms with Crippen molar-refractivity contribution < 1.29 is 27.5 Å². The molecular weight excluding hydrogens is 425 g/mol. The van der Waals surface area contributed by atoms with Crippen LogP contribution in [0.4, 0.5) is 18.0 Å². The average molecular weight is 452 g/mol. The summed E-state index contributed by atoms with van der Waals surface area (Å²) < 4.78 is 45.3. The summed E-state index contributed by atoms with van der Waals surface area (Å²) in [5, 5.41) is 9.84. The number of ether oxygens (including phenoxy) is 1. The highest BCUT2D eigenvalue weighted by Gasteiger charge is 2.61. The van der Waals surface area contributed by atoms with Gasteiger partial charge in [0.15, 0.2) is 0 Å². The molecule has 0 spiro atoms. The van der Waals surface area contributed by atoms with Gasteiger partial charge in [-0.3, -0.25) is 9.89 Å². The van der Waals surface area contributed by atoms with Gasteiger partial charge in [-0.1, -0.05) is 12.1 Å². The van der Waals surface area contributed by atoms with Crippen LogP contribution in [0.5, 0.6) is 0 Å². The first kappa shape index (κ1) is 22.4. The second-order valence-corrected chi connectivity index (χ2v) is 10.2. The second-order valence-electron chi connectivity index (χ2n) is 10.2. The quantitative estimate of drug-likeness (QED) is 0.736. The lowest BCUT2D eigenvalue weighted by molar-refractivity contribution is -0.136. The molecular formula is C22H27F3N4O3. The third-order valence-electron chi connectivity index (χ3n) is 6.10. The van der Waals surface area contributed by atoms with Crippen LogP contribution < -0.4 is 5.32 Å². The Bertz CT molecular complexity index is 1060. The van der Waals surface area contributed by atoms with Crippen molar-refractivity contribution in [3.05, 3.63) is 29.5 Å². The van der Waals surface area contributed by atoms with Crippen molar-refractivity contribution in [2.45, 2.75) is 51.9 Å². The number of fused-ring (bicyclic) bond motifs is 2. The monoisotopic (exact) mass is 452 g/mol. The second kappa shape index (κ2) is 7.11. The Labute approximate surface area is 183 Å². The molecule has 174 valence electrons. The SMILES string of the molecule is CC(C)(C)OC(=O)N1CC2C(C1)C2C(=O)NC(C)(C)c1[nH]nc2c(C(F)(F)F)cccc12. The van der Waals surface area contributed by atoms with Gasteiger partial charge in [-0.25, -0.2) is 4.79 Å². The third kappa shape index (κ3) is 4.02. The molecule has 2 aromatic rings. The topological polar surface area (TPSA) is 87.3 Å².